The summed E-state index contributed by atoms with van der Waals surface area (Å²) in [7, 11) is -3.76. The number of rotatable bonds is 6. The molecule has 1 amide bonds. The Morgan fingerprint density at radius 3 is 2.62 bits per heavy atom. The van der Waals surface area contributed by atoms with Crippen LogP contribution in [0.15, 0.2) is 53.9 Å². The highest BCUT2D eigenvalue weighted by Crippen LogP contribution is 2.34. The molecule has 1 heterocycles. The molecule has 0 fully saturated rings. The first-order valence-electron chi connectivity index (χ1n) is 7.89. The standard InChI is InChI=1S/C18H18N2O5S/c1-13(20-26(22,23)10-9-14-5-3-2-4-6-14)18(21)19-15-7-8-16-17(11-15)25-12-24-16/h2-11,13,20H,12H2,1H3,(H,19,21)/b10-9+. The van der Waals surface area contributed by atoms with Crippen LogP contribution < -0.4 is 19.5 Å². The van der Waals surface area contributed by atoms with E-state index in [0.717, 1.165) is 11.0 Å². The summed E-state index contributed by atoms with van der Waals surface area (Å²) < 4.78 is 37.0. The van der Waals surface area contributed by atoms with Crippen molar-refractivity contribution >= 4 is 27.7 Å². The largest absolute Gasteiger partial charge is 0.454 e. The summed E-state index contributed by atoms with van der Waals surface area (Å²) in [5.74, 6) is 0.644. The monoisotopic (exact) mass is 374 g/mol. The lowest BCUT2D eigenvalue weighted by Gasteiger charge is -2.13. The molecular weight excluding hydrogens is 356 g/mol. The number of carbonyl (C=O) groups excluding carboxylic acids is 1. The number of anilines is 1. The SMILES string of the molecule is CC(NS(=O)(=O)/C=C/c1ccccc1)C(=O)Nc1ccc2c(c1)OCO2. The number of amides is 1. The Bertz CT molecular complexity index is 926. The summed E-state index contributed by atoms with van der Waals surface area (Å²) in [6.07, 6.45) is 1.46. The summed E-state index contributed by atoms with van der Waals surface area (Å²) in [5, 5.41) is 3.68. The van der Waals surface area contributed by atoms with Crippen molar-refractivity contribution in [2.24, 2.45) is 0 Å². The lowest BCUT2D eigenvalue weighted by atomic mass is 10.2. The minimum absolute atomic E-state index is 0.136. The topological polar surface area (TPSA) is 93.7 Å². The van der Waals surface area contributed by atoms with Gasteiger partial charge in [-0.1, -0.05) is 30.3 Å². The average molecular weight is 374 g/mol. The van der Waals surface area contributed by atoms with Crippen LogP contribution in [-0.4, -0.2) is 27.2 Å². The molecule has 0 radical (unpaired) electrons. The van der Waals surface area contributed by atoms with Gasteiger partial charge in [0.1, 0.15) is 0 Å². The quantitative estimate of drug-likeness (QED) is 0.809. The van der Waals surface area contributed by atoms with E-state index in [1.54, 1.807) is 42.5 Å². The molecule has 26 heavy (non-hydrogen) atoms. The van der Waals surface area contributed by atoms with Crippen molar-refractivity contribution in [2.45, 2.75) is 13.0 Å². The number of nitrogens with one attached hydrogen (secondary N) is 2. The maximum atomic E-state index is 12.2. The molecule has 1 aliphatic heterocycles. The Hall–Kier alpha value is -2.84. The zero-order valence-electron chi connectivity index (χ0n) is 14.0. The average Bonchev–Trinajstić information content (AvgIpc) is 3.08. The summed E-state index contributed by atoms with van der Waals surface area (Å²) in [5.41, 5.74) is 1.24. The Morgan fingerprint density at radius 2 is 1.85 bits per heavy atom. The molecule has 0 bridgehead atoms. The molecule has 0 saturated heterocycles. The molecule has 8 heteroatoms. The molecular formula is C18H18N2O5S. The number of hydrogen-bond acceptors (Lipinski definition) is 5. The molecule has 2 aromatic rings. The second-order valence-corrected chi connectivity index (χ2v) is 7.25. The van der Waals surface area contributed by atoms with Crippen molar-refractivity contribution in [3.63, 3.8) is 0 Å². The predicted molar refractivity (Wildman–Crippen MR) is 98.2 cm³/mol. The number of fused-ring (bicyclic) bond motifs is 1. The first kappa shape index (κ1) is 18.0. The zero-order chi connectivity index (χ0) is 18.6. The third-order valence-corrected chi connectivity index (χ3v) is 4.79. The molecule has 0 saturated carbocycles. The lowest BCUT2D eigenvalue weighted by Crippen LogP contribution is -2.40. The van der Waals surface area contributed by atoms with Crippen LogP contribution in [0.2, 0.25) is 0 Å². The van der Waals surface area contributed by atoms with Crippen LogP contribution in [0.5, 0.6) is 11.5 Å². The first-order valence-corrected chi connectivity index (χ1v) is 9.43. The van der Waals surface area contributed by atoms with E-state index in [9.17, 15) is 13.2 Å². The molecule has 2 aromatic carbocycles. The molecule has 1 atom stereocenters. The highest BCUT2D eigenvalue weighted by atomic mass is 32.2. The normalized spacial score (nSPS) is 14.3. The molecule has 0 aromatic heterocycles. The highest BCUT2D eigenvalue weighted by molar-refractivity contribution is 7.92. The van der Waals surface area contributed by atoms with Gasteiger partial charge < -0.3 is 14.8 Å². The van der Waals surface area contributed by atoms with Crippen molar-refractivity contribution in [2.75, 3.05) is 12.1 Å². The smallest absolute Gasteiger partial charge is 0.242 e. The van der Waals surface area contributed by atoms with Crippen molar-refractivity contribution in [3.05, 3.63) is 59.5 Å². The Morgan fingerprint density at radius 1 is 1.12 bits per heavy atom. The summed E-state index contributed by atoms with van der Waals surface area (Å²) in [4.78, 5) is 12.2. The molecule has 0 spiro atoms. The van der Waals surface area contributed by atoms with Crippen molar-refractivity contribution < 1.29 is 22.7 Å². The van der Waals surface area contributed by atoms with Gasteiger partial charge in [-0.2, -0.15) is 4.72 Å². The van der Waals surface area contributed by atoms with Gasteiger partial charge in [-0.3, -0.25) is 4.79 Å². The fourth-order valence-electron chi connectivity index (χ4n) is 2.30. The van der Waals surface area contributed by atoms with E-state index in [1.165, 1.54) is 13.0 Å². The third-order valence-electron chi connectivity index (χ3n) is 3.61. The second-order valence-electron chi connectivity index (χ2n) is 5.66. The minimum atomic E-state index is -3.76. The molecule has 136 valence electrons. The van der Waals surface area contributed by atoms with E-state index in [4.69, 9.17) is 9.47 Å². The van der Waals surface area contributed by atoms with E-state index in [1.807, 2.05) is 6.07 Å². The van der Waals surface area contributed by atoms with Crippen LogP contribution in [0, 0.1) is 0 Å². The van der Waals surface area contributed by atoms with E-state index < -0.39 is 22.0 Å². The van der Waals surface area contributed by atoms with Crippen molar-refractivity contribution in [1.29, 1.82) is 0 Å². The van der Waals surface area contributed by atoms with Crippen molar-refractivity contribution in [1.82, 2.24) is 4.72 Å². The van der Waals surface area contributed by atoms with Gasteiger partial charge in [0.25, 0.3) is 0 Å². The number of carbonyl (C=O) groups is 1. The lowest BCUT2D eigenvalue weighted by molar-refractivity contribution is -0.117. The fourth-order valence-corrected chi connectivity index (χ4v) is 3.31. The molecule has 3 rings (SSSR count). The van der Waals surface area contributed by atoms with Crippen molar-refractivity contribution in [3.8, 4) is 11.5 Å². The van der Waals surface area contributed by atoms with Gasteiger partial charge in [0.2, 0.25) is 22.7 Å². The molecule has 1 aliphatic rings. The van der Waals surface area contributed by atoms with Gasteiger partial charge in [0.05, 0.1) is 6.04 Å². The van der Waals surface area contributed by atoms with Gasteiger partial charge >= 0.3 is 0 Å². The van der Waals surface area contributed by atoms with E-state index in [0.29, 0.717) is 17.2 Å². The number of ether oxygens (including phenoxy) is 2. The van der Waals surface area contributed by atoms with Crippen LogP contribution in [0.25, 0.3) is 6.08 Å². The van der Waals surface area contributed by atoms with Crippen LogP contribution in [0.3, 0.4) is 0 Å². The maximum Gasteiger partial charge on any atom is 0.242 e. The minimum Gasteiger partial charge on any atom is -0.454 e. The van der Waals surface area contributed by atoms with E-state index in [-0.39, 0.29) is 6.79 Å². The van der Waals surface area contributed by atoms with Crippen LogP contribution in [0.4, 0.5) is 5.69 Å². The Labute approximate surface area is 151 Å². The zero-order valence-corrected chi connectivity index (χ0v) is 14.8. The molecule has 0 aliphatic carbocycles. The van der Waals surface area contributed by atoms with E-state index in [2.05, 4.69) is 10.0 Å². The maximum absolute atomic E-state index is 12.2. The third kappa shape index (κ3) is 4.62. The second kappa shape index (κ2) is 7.59. The number of benzene rings is 2. The predicted octanol–water partition coefficient (Wildman–Crippen LogP) is 2.33. The highest BCUT2D eigenvalue weighted by Gasteiger charge is 2.20. The van der Waals surface area contributed by atoms with Gasteiger partial charge in [-0.25, -0.2) is 8.42 Å². The van der Waals surface area contributed by atoms with Gasteiger partial charge in [0.15, 0.2) is 11.5 Å². The van der Waals surface area contributed by atoms with Gasteiger partial charge in [-0.05, 0) is 30.7 Å². The Balaban J connectivity index is 1.60. The van der Waals surface area contributed by atoms with Gasteiger partial charge in [0, 0.05) is 17.2 Å². The van der Waals surface area contributed by atoms with E-state index >= 15 is 0 Å². The molecule has 2 N–H and O–H groups in total. The fraction of sp³-hybridized carbons (Fsp3) is 0.167. The first-order chi connectivity index (χ1) is 12.4. The van der Waals surface area contributed by atoms with Crippen LogP contribution in [0.1, 0.15) is 12.5 Å². The summed E-state index contributed by atoms with van der Waals surface area (Å²) in [6, 6.07) is 13.0. The van der Waals surface area contributed by atoms with Crippen LogP contribution >= 0.6 is 0 Å². The molecule has 1 unspecified atom stereocenters. The number of sulfonamides is 1. The Kier molecular flexibility index (Phi) is 5.24. The summed E-state index contributed by atoms with van der Waals surface area (Å²) >= 11 is 0. The van der Waals surface area contributed by atoms with Gasteiger partial charge in [-0.15, -0.1) is 0 Å². The number of hydrogen-bond donors (Lipinski definition) is 2. The molecule has 7 nitrogen and oxygen atoms in total. The summed E-state index contributed by atoms with van der Waals surface area (Å²) in [6.45, 7) is 1.60. The van der Waals surface area contributed by atoms with Crippen LogP contribution in [-0.2, 0) is 14.8 Å².